The van der Waals surface area contributed by atoms with Gasteiger partial charge in [-0.2, -0.15) is 0 Å². The minimum Gasteiger partial charge on any atom is -0.478 e. The first-order valence-corrected chi connectivity index (χ1v) is 9.62. The Bertz CT molecular complexity index is 857. The lowest BCUT2D eigenvalue weighted by molar-refractivity contribution is -0.0894. The van der Waals surface area contributed by atoms with Gasteiger partial charge in [0.05, 0.1) is 16.8 Å². The molecule has 5 nitrogen and oxygen atoms in total. The Kier molecular flexibility index (Phi) is 5.17. The van der Waals surface area contributed by atoms with E-state index in [4.69, 9.17) is 4.65 Å². The number of aromatic nitrogens is 1. The summed E-state index contributed by atoms with van der Waals surface area (Å²) in [6, 6.07) is 5.33. The van der Waals surface area contributed by atoms with Crippen LogP contribution in [0, 0.1) is 0 Å². The van der Waals surface area contributed by atoms with Crippen LogP contribution in [0.5, 0.6) is 0 Å². The summed E-state index contributed by atoms with van der Waals surface area (Å²) >= 11 is 0. The van der Waals surface area contributed by atoms with Crippen LogP contribution in [0.3, 0.4) is 0 Å². The van der Waals surface area contributed by atoms with E-state index in [1.54, 1.807) is 33.5 Å². The van der Waals surface area contributed by atoms with Gasteiger partial charge in [0, 0.05) is 23.5 Å². The molecule has 0 aliphatic heterocycles. The highest BCUT2D eigenvalue weighted by Crippen LogP contribution is 2.38. The first-order valence-electron chi connectivity index (χ1n) is 9.62. The molecule has 3 rings (SSSR count). The van der Waals surface area contributed by atoms with E-state index in [1.807, 2.05) is 31.5 Å². The predicted octanol–water partition coefficient (Wildman–Crippen LogP) is 3.34. The highest BCUT2D eigenvalue weighted by Gasteiger charge is 2.37. The lowest BCUT2D eigenvalue weighted by atomic mass is 9.80. The fourth-order valence-electron chi connectivity index (χ4n) is 3.75. The normalized spacial score (nSPS) is 16.2. The standard InChI is InChI=1S/C21H29BNO4/c1-20(2,26)21(3,4)27-22-18-17(13-8-6-7-9-13)15-11-10-14(19(24)25)12-16(15)23(18)5/h10-13,26H,6-9H2,1-5H3,(H,24,25). The number of carboxylic acid groups (broad SMARTS) is 1. The van der Waals surface area contributed by atoms with E-state index < -0.39 is 17.2 Å². The van der Waals surface area contributed by atoms with Gasteiger partial charge in [-0.25, -0.2) is 4.79 Å². The molecule has 0 atom stereocenters. The third-order valence-electron chi connectivity index (χ3n) is 6.24. The molecule has 1 radical (unpaired) electrons. The SMILES string of the molecule is Cn1c([B]OC(C)(C)C(C)(C)O)c(C2CCCC2)c2ccc(C(=O)O)cc21. The number of fused-ring (bicyclic) bond motifs is 1. The smallest absolute Gasteiger partial charge is 0.349 e. The zero-order chi connectivity index (χ0) is 20.0. The van der Waals surface area contributed by atoms with Crippen LogP contribution in [0.25, 0.3) is 10.9 Å². The van der Waals surface area contributed by atoms with E-state index >= 15 is 0 Å². The van der Waals surface area contributed by atoms with Crippen molar-refractivity contribution in [3.8, 4) is 0 Å². The molecule has 0 bridgehead atoms. The van der Waals surface area contributed by atoms with Crippen molar-refractivity contribution in [2.45, 2.75) is 70.5 Å². The molecule has 145 valence electrons. The Labute approximate surface area is 161 Å². The van der Waals surface area contributed by atoms with Gasteiger partial charge >= 0.3 is 13.5 Å². The molecule has 0 spiro atoms. The van der Waals surface area contributed by atoms with Crippen LogP contribution in [0.4, 0.5) is 0 Å². The Hall–Kier alpha value is -1.79. The van der Waals surface area contributed by atoms with Gasteiger partial charge in [0.2, 0.25) is 0 Å². The number of aryl methyl sites for hydroxylation is 1. The summed E-state index contributed by atoms with van der Waals surface area (Å²) in [4.78, 5) is 11.4. The Balaban J connectivity index is 2.08. The van der Waals surface area contributed by atoms with Gasteiger partial charge in [-0.3, -0.25) is 0 Å². The van der Waals surface area contributed by atoms with Crippen LogP contribution >= 0.6 is 0 Å². The average molecular weight is 370 g/mol. The molecule has 1 aliphatic carbocycles. The van der Waals surface area contributed by atoms with Crippen LogP contribution in [-0.4, -0.2) is 39.4 Å². The van der Waals surface area contributed by atoms with E-state index in [0.717, 1.165) is 29.3 Å². The van der Waals surface area contributed by atoms with Crippen molar-refractivity contribution in [2.75, 3.05) is 0 Å². The average Bonchev–Trinajstić information content (AvgIpc) is 3.18. The first-order chi connectivity index (χ1) is 12.5. The van der Waals surface area contributed by atoms with E-state index in [1.165, 1.54) is 18.4 Å². The highest BCUT2D eigenvalue weighted by molar-refractivity contribution is 6.48. The van der Waals surface area contributed by atoms with Gasteiger partial charge in [0.1, 0.15) is 0 Å². The van der Waals surface area contributed by atoms with Gasteiger partial charge in [0.15, 0.2) is 0 Å². The summed E-state index contributed by atoms with van der Waals surface area (Å²) in [5.74, 6) is -0.477. The van der Waals surface area contributed by atoms with Crippen LogP contribution in [-0.2, 0) is 11.7 Å². The molecule has 27 heavy (non-hydrogen) atoms. The number of aliphatic hydroxyl groups is 1. The molecule has 1 aromatic heterocycles. The third kappa shape index (κ3) is 3.65. The molecule has 2 N–H and O–H groups in total. The largest absolute Gasteiger partial charge is 0.478 e. The maximum Gasteiger partial charge on any atom is 0.349 e. The number of rotatable bonds is 6. The maximum atomic E-state index is 11.4. The number of hydrogen-bond acceptors (Lipinski definition) is 3. The number of aromatic carboxylic acids is 1. The first kappa shape index (κ1) is 20.0. The molecule has 2 aromatic rings. The molecule has 1 saturated carbocycles. The van der Waals surface area contributed by atoms with Crippen molar-refractivity contribution < 1.29 is 19.7 Å². The van der Waals surface area contributed by atoms with E-state index in [-0.39, 0.29) is 5.56 Å². The van der Waals surface area contributed by atoms with E-state index in [2.05, 4.69) is 0 Å². The van der Waals surface area contributed by atoms with Crippen LogP contribution in [0.2, 0.25) is 0 Å². The van der Waals surface area contributed by atoms with Gasteiger partial charge in [-0.15, -0.1) is 0 Å². The van der Waals surface area contributed by atoms with E-state index in [9.17, 15) is 15.0 Å². The summed E-state index contributed by atoms with van der Waals surface area (Å²) < 4.78 is 8.07. The topological polar surface area (TPSA) is 71.7 Å². The molecule has 0 amide bonds. The minimum absolute atomic E-state index is 0.283. The summed E-state index contributed by atoms with van der Waals surface area (Å²) in [7, 11) is 3.69. The second-order valence-corrected chi connectivity index (χ2v) is 8.68. The second kappa shape index (κ2) is 6.99. The molecule has 6 heteroatoms. The van der Waals surface area contributed by atoms with Gasteiger partial charge in [-0.1, -0.05) is 18.9 Å². The third-order valence-corrected chi connectivity index (χ3v) is 6.24. The quantitative estimate of drug-likeness (QED) is 0.765. The molecular weight excluding hydrogens is 341 g/mol. The van der Waals surface area contributed by atoms with Crippen LogP contribution < -0.4 is 5.59 Å². The number of hydrogen-bond donors (Lipinski definition) is 2. The van der Waals surface area contributed by atoms with Crippen molar-refractivity contribution in [1.29, 1.82) is 0 Å². The van der Waals surface area contributed by atoms with E-state index in [0.29, 0.717) is 5.92 Å². The van der Waals surface area contributed by atoms with Crippen molar-refractivity contribution in [3.63, 3.8) is 0 Å². The molecule has 0 unspecified atom stereocenters. The van der Waals surface area contributed by atoms with Gasteiger partial charge < -0.3 is 19.4 Å². The number of carboxylic acids is 1. The fourth-order valence-corrected chi connectivity index (χ4v) is 3.75. The predicted molar refractivity (Wildman–Crippen MR) is 108 cm³/mol. The van der Waals surface area contributed by atoms with Crippen LogP contribution in [0.1, 0.15) is 75.2 Å². The number of carbonyl (C=O) groups is 1. The summed E-state index contributed by atoms with van der Waals surface area (Å²) in [5, 5.41) is 20.8. The number of benzene rings is 1. The van der Waals surface area contributed by atoms with Crippen molar-refractivity contribution in [1.82, 2.24) is 4.57 Å². The van der Waals surface area contributed by atoms with Crippen molar-refractivity contribution >= 4 is 29.9 Å². The molecule has 0 saturated heterocycles. The lowest BCUT2D eigenvalue weighted by Crippen LogP contribution is -2.50. The Morgan fingerprint density at radius 2 is 1.85 bits per heavy atom. The summed E-state index contributed by atoms with van der Waals surface area (Å²) in [6.07, 6.45) is 4.69. The minimum atomic E-state index is -1.00. The lowest BCUT2D eigenvalue weighted by Gasteiger charge is -2.37. The van der Waals surface area contributed by atoms with Crippen molar-refractivity contribution in [3.05, 3.63) is 29.3 Å². The van der Waals surface area contributed by atoms with Gasteiger partial charge in [-0.05, 0) is 64.2 Å². The monoisotopic (exact) mass is 370 g/mol. The van der Waals surface area contributed by atoms with Crippen LogP contribution in [0.15, 0.2) is 18.2 Å². The summed E-state index contributed by atoms with van der Waals surface area (Å²) in [5.41, 5.74) is 1.60. The Morgan fingerprint density at radius 3 is 2.41 bits per heavy atom. The highest BCUT2D eigenvalue weighted by atomic mass is 16.5. The molecular formula is C21H29BNO4. The Morgan fingerprint density at radius 1 is 1.22 bits per heavy atom. The second-order valence-electron chi connectivity index (χ2n) is 8.68. The molecule has 1 heterocycles. The maximum absolute atomic E-state index is 11.4. The van der Waals surface area contributed by atoms with Crippen molar-refractivity contribution in [2.24, 2.45) is 7.05 Å². The molecule has 1 aliphatic rings. The summed E-state index contributed by atoms with van der Waals surface area (Å²) in [6.45, 7) is 7.20. The molecule has 1 fully saturated rings. The fraction of sp³-hybridized carbons (Fsp3) is 0.571. The number of nitrogens with zero attached hydrogens (tertiary/aromatic N) is 1. The molecule has 1 aromatic carbocycles. The van der Waals surface area contributed by atoms with Gasteiger partial charge in [0.25, 0.3) is 0 Å². The zero-order valence-electron chi connectivity index (χ0n) is 16.9. The zero-order valence-corrected chi connectivity index (χ0v) is 16.9.